The standard InChI is InChI=1S/C11H13BrN2OS/c12-9-5-10(11(14-15)13-6-9)16-7-8-3-1-2-4-8/h5-6,8H,1-4,7H2. The molecule has 0 N–H and O–H groups in total. The first kappa shape index (κ1) is 12.0. The molecule has 86 valence electrons. The van der Waals surface area contributed by atoms with Crippen molar-refractivity contribution < 1.29 is 0 Å². The van der Waals surface area contributed by atoms with Gasteiger partial charge in [-0.15, -0.1) is 16.7 Å². The number of hydrogen-bond donors (Lipinski definition) is 0. The Labute approximate surface area is 108 Å². The zero-order chi connectivity index (χ0) is 11.4. The van der Waals surface area contributed by atoms with Crippen molar-refractivity contribution >= 4 is 33.5 Å². The summed E-state index contributed by atoms with van der Waals surface area (Å²) in [6.07, 6.45) is 6.94. The number of nitroso groups, excluding NO2 is 1. The van der Waals surface area contributed by atoms with Crippen LogP contribution < -0.4 is 0 Å². The van der Waals surface area contributed by atoms with Gasteiger partial charge in [0.2, 0.25) is 5.82 Å². The lowest BCUT2D eigenvalue weighted by atomic mass is 10.1. The Morgan fingerprint density at radius 2 is 2.25 bits per heavy atom. The fraction of sp³-hybridized carbons (Fsp3) is 0.545. The van der Waals surface area contributed by atoms with E-state index < -0.39 is 0 Å². The van der Waals surface area contributed by atoms with Gasteiger partial charge in [0, 0.05) is 16.4 Å². The van der Waals surface area contributed by atoms with Crippen molar-refractivity contribution in [1.82, 2.24) is 4.98 Å². The van der Waals surface area contributed by atoms with Crippen molar-refractivity contribution in [2.75, 3.05) is 5.75 Å². The number of pyridine rings is 1. The van der Waals surface area contributed by atoms with E-state index in [1.807, 2.05) is 6.07 Å². The normalized spacial score (nSPS) is 16.6. The molecule has 1 heterocycles. The smallest absolute Gasteiger partial charge is 0.210 e. The van der Waals surface area contributed by atoms with E-state index in [1.54, 1.807) is 18.0 Å². The molecule has 0 aromatic carbocycles. The van der Waals surface area contributed by atoms with Crippen LogP contribution in [-0.2, 0) is 0 Å². The Morgan fingerprint density at radius 3 is 2.94 bits per heavy atom. The number of thioether (sulfide) groups is 1. The average Bonchev–Trinajstić information content (AvgIpc) is 2.79. The minimum Gasteiger partial charge on any atom is -0.232 e. The van der Waals surface area contributed by atoms with Crippen molar-refractivity contribution in [2.45, 2.75) is 30.6 Å². The Hall–Kier alpha value is -0.420. The van der Waals surface area contributed by atoms with E-state index in [2.05, 4.69) is 26.1 Å². The van der Waals surface area contributed by atoms with E-state index >= 15 is 0 Å². The second-order valence-corrected chi connectivity index (χ2v) is 6.01. The molecular weight excluding hydrogens is 288 g/mol. The lowest BCUT2D eigenvalue weighted by Crippen LogP contribution is -1.96. The third kappa shape index (κ3) is 3.04. The fourth-order valence-electron chi connectivity index (χ4n) is 1.97. The molecule has 0 unspecified atom stereocenters. The van der Waals surface area contributed by atoms with Crippen LogP contribution in [-0.4, -0.2) is 10.7 Å². The Kier molecular flexibility index (Phi) is 4.35. The van der Waals surface area contributed by atoms with E-state index in [-0.39, 0.29) is 0 Å². The summed E-state index contributed by atoms with van der Waals surface area (Å²) in [6, 6.07) is 1.92. The zero-order valence-corrected chi connectivity index (χ0v) is 11.3. The highest BCUT2D eigenvalue weighted by molar-refractivity contribution is 9.10. The first-order chi connectivity index (χ1) is 7.79. The van der Waals surface area contributed by atoms with Gasteiger partial charge in [0.1, 0.15) is 0 Å². The summed E-state index contributed by atoms with van der Waals surface area (Å²) in [7, 11) is 0. The molecule has 1 aromatic rings. The molecule has 1 fully saturated rings. The molecule has 16 heavy (non-hydrogen) atoms. The molecule has 0 atom stereocenters. The molecule has 0 amide bonds. The van der Waals surface area contributed by atoms with Crippen LogP contribution in [0.1, 0.15) is 25.7 Å². The summed E-state index contributed by atoms with van der Waals surface area (Å²) in [4.78, 5) is 15.5. The first-order valence-corrected chi connectivity index (χ1v) is 7.19. The summed E-state index contributed by atoms with van der Waals surface area (Å²) in [5.74, 6) is 2.18. The van der Waals surface area contributed by atoms with E-state index in [0.29, 0.717) is 5.82 Å². The second-order valence-electron chi connectivity index (χ2n) is 4.03. The summed E-state index contributed by atoms with van der Waals surface area (Å²) in [5.41, 5.74) is 0. The Bertz CT molecular complexity index is 380. The van der Waals surface area contributed by atoms with Crippen molar-refractivity contribution in [3.8, 4) is 0 Å². The molecule has 0 spiro atoms. The van der Waals surface area contributed by atoms with Gasteiger partial charge in [0.15, 0.2) is 0 Å². The predicted octanol–water partition coefficient (Wildman–Crippen LogP) is 4.52. The van der Waals surface area contributed by atoms with Crippen LogP contribution in [0.5, 0.6) is 0 Å². The minimum absolute atomic E-state index is 0.311. The average molecular weight is 301 g/mol. The Morgan fingerprint density at radius 1 is 1.50 bits per heavy atom. The molecule has 1 saturated carbocycles. The second kappa shape index (κ2) is 5.77. The van der Waals surface area contributed by atoms with Crippen molar-refractivity contribution in [1.29, 1.82) is 0 Å². The van der Waals surface area contributed by atoms with Gasteiger partial charge in [0.05, 0.1) is 4.90 Å². The third-order valence-corrected chi connectivity index (χ3v) is 4.52. The van der Waals surface area contributed by atoms with Crippen LogP contribution in [0, 0.1) is 10.8 Å². The number of hydrogen-bond acceptors (Lipinski definition) is 4. The van der Waals surface area contributed by atoms with Gasteiger partial charge in [0.25, 0.3) is 0 Å². The maximum atomic E-state index is 10.6. The maximum absolute atomic E-state index is 10.6. The summed E-state index contributed by atoms with van der Waals surface area (Å²) < 4.78 is 0.897. The van der Waals surface area contributed by atoms with Crippen LogP contribution in [0.4, 0.5) is 5.82 Å². The topological polar surface area (TPSA) is 42.3 Å². The number of halogens is 1. The third-order valence-electron chi connectivity index (χ3n) is 2.84. The van der Waals surface area contributed by atoms with Crippen LogP contribution in [0.3, 0.4) is 0 Å². The molecular formula is C11H13BrN2OS. The lowest BCUT2D eigenvalue weighted by Gasteiger charge is -2.08. The van der Waals surface area contributed by atoms with E-state index in [1.165, 1.54) is 25.7 Å². The van der Waals surface area contributed by atoms with E-state index in [0.717, 1.165) is 21.0 Å². The van der Waals surface area contributed by atoms with Crippen molar-refractivity contribution in [2.24, 2.45) is 11.1 Å². The Balaban J connectivity index is 2.01. The van der Waals surface area contributed by atoms with Gasteiger partial charge in [-0.25, -0.2) is 4.98 Å². The monoisotopic (exact) mass is 300 g/mol. The van der Waals surface area contributed by atoms with E-state index in [9.17, 15) is 4.91 Å². The van der Waals surface area contributed by atoms with Gasteiger partial charge in [-0.3, -0.25) is 0 Å². The molecule has 2 rings (SSSR count). The molecule has 0 radical (unpaired) electrons. The summed E-state index contributed by atoms with van der Waals surface area (Å²) >= 11 is 5.06. The molecule has 1 aliphatic carbocycles. The van der Waals surface area contributed by atoms with Gasteiger partial charge in [-0.2, -0.15) is 0 Å². The van der Waals surface area contributed by atoms with Gasteiger partial charge >= 0.3 is 0 Å². The van der Waals surface area contributed by atoms with Crippen LogP contribution in [0.15, 0.2) is 26.8 Å². The quantitative estimate of drug-likeness (QED) is 0.606. The fourth-order valence-corrected chi connectivity index (χ4v) is 3.63. The van der Waals surface area contributed by atoms with Gasteiger partial charge in [-0.1, -0.05) is 12.8 Å². The molecule has 3 nitrogen and oxygen atoms in total. The molecule has 1 aliphatic rings. The molecule has 0 bridgehead atoms. The van der Waals surface area contributed by atoms with Gasteiger partial charge < -0.3 is 0 Å². The summed E-state index contributed by atoms with van der Waals surface area (Å²) in [5, 5.41) is 2.95. The van der Waals surface area contributed by atoms with Crippen molar-refractivity contribution in [3.63, 3.8) is 0 Å². The highest BCUT2D eigenvalue weighted by atomic mass is 79.9. The SMILES string of the molecule is O=Nc1ncc(Br)cc1SCC1CCCC1. The predicted molar refractivity (Wildman–Crippen MR) is 70.1 cm³/mol. The van der Waals surface area contributed by atoms with Gasteiger partial charge in [-0.05, 0) is 45.9 Å². The molecule has 5 heteroatoms. The largest absolute Gasteiger partial charge is 0.232 e. The molecule has 0 saturated heterocycles. The van der Waals surface area contributed by atoms with Crippen LogP contribution in [0.2, 0.25) is 0 Å². The number of aromatic nitrogens is 1. The van der Waals surface area contributed by atoms with Crippen LogP contribution in [0.25, 0.3) is 0 Å². The number of rotatable bonds is 4. The minimum atomic E-state index is 0.311. The maximum Gasteiger partial charge on any atom is 0.210 e. The van der Waals surface area contributed by atoms with Crippen LogP contribution >= 0.6 is 27.7 Å². The molecule has 1 aromatic heterocycles. The molecule has 0 aliphatic heterocycles. The summed E-state index contributed by atoms with van der Waals surface area (Å²) in [6.45, 7) is 0. The number of nitrogens with zero attached hydrogens (tertiary/aromatic N) is 2. The zero-order valence-electron chi connectivity index (χ0n) is 8.86. The highest BCUT2D eigenvalue weighted by Gasteiger charge is 2.16. The highest BCUT2D eigenvalue weighted by Crippen LogP contribution is 2.35. The lowest BCUT2D eigenvalue weighted by molar-refractivity contribution is 0.623. The van der Waals surface area contributed by atoms with Crippen molar-refractivity contribution in [3.05, 3.63) is 21.6 Å². The van der Waals surface area contributed by atoms with E-state index in [4.69, 9.17) is 0 Å². The first-order valence-electron chi connectivity index (χ1n) is 5.41.